The van der Waals surface area contributed by atoms with Crippen molar-refractivity contribution < 1.29 is 4.79 Å². The van der Waals surface area contributed by atoms with Crippen molar-refractivity contribution >= 4 is 33.3 Å². The summed E-state index contributed by atoms with van der Waals surface area (Å²) < 4.78 is 3.29. The number of fused-ring (bicyclic) bond motifs is 3. The van der Waals surface area contributed by atoms with Crippen LogP contribution in [-0.2, 0) is 7.05 Å². The lowest BCUT2D eigenvalue weighted by molar-refractivity contribution is 0.102. The van der Waals surface area contributed by atoms with Crippen LogP contribution in [0.3, 0.4) is 0 Å². The molecule has 2 aromatic heterocycles. The summed E-state index contributed by atoms with van der Waals surface area (Å²) in [5.74, 6) is -0.346. The van der Waals surface area contributed by atoms with Crippen LogP contribution in [0.4, 0.5) is 5.69 Å². The summed E-state index contributed by atoms with van der Waals surface area (Å²) in [5, 5.41) is 5.98. The van der Waals surface area contributed by atoms with Crippen molar-refractivity contribution in [3.05, 3.63) is 94.5 Å². The fourth-order valence-electron chi connectivity index (χ4n) is 3.90. The number of para-hydroxylation sites is 1. The van der Waals surface area contributed by atoms with Crippen molar-refractivity contribution in [2.24, 2.45) is 7.05 Å². The van der Waals surface area contributed by atoms with Crippen molar-refractivity contribution in [2.75, 3.05) is 5.32 Å². The quantitative estimate of drug-likeness (QED) is 0.475. The third kappa shape index (κ3) is 2.73. The first-order valence-corrected chi connectivity index (χ1v) is 9.70. The molecule has 148 valence electrons. The highest BCUT2D eigenvalue weighted by Gasteiger charge is 2.20. The van der Waals surface area contributed by atoms with Crippen molar-refractivity contribution in [1.29, 1.82) is 0 Å². The summed E-state index contributed by atoms with van der Waals surface area (Å²) in [4.78, 5) is 29.2. The number of amides is 1. The zero-order valence-corrected chi connectivity index (χ0v) is 16.6. The maximum Gasteiger partial charge on any atom is 0.295 e. The minimum atomic E-state index is -0.346. The summed E-state index contributed by atoms with van der Waals surface area (Å²) in [6.45, 7) is 1.81. The number of carbonyl (C=O) groups is 1. The van der Waals surface area contributed by atoms with Crippen LogP contribution in [0.1, 0.15) is 16.2 Å². The van der Waals surface area contributed by atoms with E-state index in [9.17, 15) is 9.59 Å². The predicted molar refractivity (Wildman–Crippen MR) is 120 cm³/mol. The van der Waals surface area contributed by atoms with E-state index in [2.05, 4.69) is 10.3 Å². The Hall–Kier alpha value is -4.06. The Balaban J connectivity index is 1.55. The molecule has 2 N–H and O–H groups in total. The average Bonchev–Trinajstić information content (AvgIpc) is 3.30. The molecular formula is C24H20N4O2. The number of aromatic amines is 1. The van der Waals surface area contributed by atoms with Crippen LogP contribution in [0.25, 0.3) is 27.4 Å². The third-order valence-corrected chi connectivity index (χ3v) is 5.57. The number of nitrogens with one attached hydrogen (secondary N) is 2. The maximum atomic E-state index is 13.0. The van der Waals surface area contributed by atoms with E-state index in [0.29, 0.717) is 11.4 Å². The van der Waals surface area contributed by atoms with Gasteiger partial charge in [0.1, 0.15) is 11.4 Å². The maximum absolute atomic E-state index is 13.0. The van der Waals surface area contributed by atoms with Gasteiger partial charge in [0.2, 0.25) is 0 Å². The lowest BCUT2D eigenvalue weighted by Gasteiger charge is -2.07. The molecule has 0 aliphatic rings. The first-order chi connectivity index (χ1) is 14.5. The smallest absolute Gasteiger partial charge is 0.295 e. The number of nitrogens with zero attached hydrogens (tertiary/aromatic N) is 2. The van der Waals surface area contributed by atoms with Crippen molar-refractivity contribution in [3.63, 3.8) is 0 Å². The monoisotopic (exact) mass is 396 g/mol. The van der Waals surface area contributed by atoms with Gasteiger partial charge >= 0.3 is 0 Å². The van der Waals surface area contributed by atoms with Gasteiger partial charge in [-0.3, -0.25) is 14.3 Å². The van der Waals surface area contributed by atoms with Gasteiger partial charge in [0.05, 0.1) is 11.4 Å². The highest BCUT2D eigenvalue weighted by Crippen LogP contribution is 2.26. The highest BCUT2D eigenvalue weighted by atomic mass is 16.2. The number of benzene rings is 3. The molecule has 6 nitrogen and oxygen atoms in total. The van der Waals surface area contributed by atoms with Crippen LogP contribution >= 0.6 is 0 Å². The topological polar surface area (TPSA) is 71.8 Å². The molecule has 0 spiro atoms. The van der Waals surface area contributed by atoms with Crippen LogP contribution in [0.15, 0.2) is 77.6 Å². The molecule has 6 heteroatoms. The summed E-state index contributed by atoms with van der Waals surface area (Å²) in [7, 11) is 1.80. The second-order valence-electron chi connectivity index (χ2n) is 7.32. The van der Waals surface area contributed by atoms with E-state index in [0.717, 1.165) is 27.4 Å². The second-order valence-corrected chi connectivity index (χ2v) is 7.32. The second kappa shape index (κ2) is 6.77. The van der Waals surface area contributed by atoms with Gasteiger partial charge in [-0.15, -0.1) is 0 Å². The number of rotatable bonds is 3. The van der Waals surface area contributed by atoms with Crippen LogP contribution in [-0.4, -0.2) is 20.3 Å². The standard InChI is InChI=1S/C24H20N4O2/c1-15-22(24(30)28(27(15)2)17-9-4-3-5-10-17)26-23(29)21-14-19-18-11-7-6-8-16(18)12-13-20(19)25-21/h3-14,25H,1-2H3,(H,26,29). The Kier molecular flexibility index (Phi) is 4.06. The van der Waals surface area contributed by atoms with E-state index in [1.54, 1.807) is 16.4 Å². The Bertz CT molecular complexity index is 1470. The number of aromatic nitrogens is 3. The minimum Gasteiger partial charge on any atom is -0.351 e. The molecule has 30 heavy (non-hydrogen) atoms. The molecule has 3 aromatic carbocycles. The van der Waals surface area contributed by atoms with Crippen LogP contribution in [0.2, 0.25) is 0 Å². The lowest BCUT2D eigenvalue weighted by atomic mass is 10.1. The van der Waals surface area contributed by atoms with Gasteiger partial charge < -0.3 is 10.3 Å². The number of hydrogen-bond donors (Lipinski definition) is 2. The Morgan fingerprint density at radius 1 is 0.933 bits per heavy atom. The Labute approximate surface area is 172 Å². The SMILES string of the molecule is Cc1c(NC(=O)c2cc3c(ccc4ccccc43)[nH]2)c(=O)n(-c2ccccc2)n1C. The summed E-state index contributed by atoms with van der Waals surface area (Å²) in [5.41, 5.74) is 2.72. The van der Waals surface area contributed by atoms with Crippen LogP contribution in [0, 0.1) is 6.92 Å². The highest BCUT2D eigenvalue weighted by molar-refractivity contribution is 6.12. The molecule has 5 aromatic rings. The molecular weight excluding hydrogens is 376 g/mol. The molecule has 0 atom stereocenters. The van der Waals surface area contributed by atoms with Crippen LogP contribution < -0.4 is 10.9 Å². The van der Waals surface area contributed by atoms with Crippen molar-refractivity contribution in [1.82, 2.24) is 14.3 Å². The molecule has 0 unspecified atom stereocenters. The minimum absolute atomic E-state index is 0.267. The van der Waals surface area contributed by atoms with Gasteiger partial charge in [-0.05, 0) is 42.0 Å². The largest absolute Gasteiger partial charge is 0.351 e. The molecule has 1 amide bonds. The summed E-state index contributed by atoms with van der Waals surface area (Å²) >= 11 is 0. The van der Waals surface area contributed by atoms with Gasteiger partial charge in [0, 0.05) is 18.0 Å². The van der Waals surface area contributed by atoms with Gasteiger partial charge in [0.25, 0.3) is 11.5 Å². The fourth-order valence-corrected chi connectivity index (χ4v) is 3.90. The van der Waals surface area contributed by atoms with Gasteiger partial charge in [-0.25, -0.2) is 4.68 Å². The van der Waals surface area contributed by atoms with E-state index in [1.807, 2.05) is 79.7 Å². The van der Waals surface area contributed by atoms with E-state index in [-0.39, 0.29) is 17.2 Å². The third-order valence-electron chi connectivity index (χ3n) is 5.57. The summed E-state index contributed by atoms with van der Waals surface area (Å²) in [6, 6.07) is 23.2. The van der Waals surface area contributed by atoms with Crippen molar-refractivity contribution in [2.45, 2.75) is 6.92 Å². The first kappa shape index (κ1) is 18.0. The molecule has 0 aliphatic carbocycles. The Morgan fingerprint density at radius 3 is 2.47 bits per heavy atom. The predicted octanol–water partition coefficient (Wildman–Crippen LogP) is 4.37. The van der Waals surface area contributed by atoms with E-state index < -0.39 is 0 Å². The normalized spacial score (nSPS) is 11.3. The molecule has 0 saturated carbocycles. The van der Waals surface area contributed by atoms with Crippen molar-refractivity contribution in [3.8, 4) is 5.69 Å². The average molecular weight is 396 g/mol. The molecule has 0 bridgehead atoms. The molecule has 0 fully saturated rings. The van der Waals surface area contributed by atoms with Gasteiger partial charge in [-0.2, -0.15) is 0 Å². The van der Waals surface area contributed by atoms with Gasteiger partial charge in [0.15, 0.2) is 0 Å². The zero-order valence-electron chi connectivity index (χ0n) is 16.6. The zero-order chi connectivity index (χ0) is 20.8. The fraction of sp³-hybridized carbons (Fsp3) is 0.0833. The first-order valence-electron chi connectivity index (χ1n) is 9.70. The molecule has 0 radical (unpaired) electrons. The number of H-pyrrole nitrogens is 1. The lowest BCUT2D eigenvalue weighted by Crippen LogP contribution is -2.23. The van der Waals surface area contributed by atoms with E-state index in [1.165, 1.54) is 0 Å². The molecule has 0 saturated heterocycles. The van der Waals surface area contributed by atoms with E-state index in [4.69, 9.17) is 0 Å². The molecule has 2 heterocycles. The number of hydrogen-bond acceptors (Lipinski definition) is 2. The molecule has 0 aliphatic heterocycles. The number of carbonyl (C=O) groups excluding carboxylic acids is 1. The van der Waals surface area contributed by atoms with Crippen LogP contribution in [0.5, 0.6) is 0 Å². The number of anilines is 1. The van der Waals surface area contributed by atoms with E-state index >= 15 is 0 Å². The van der Waals surface area contributed by atoms with Gasteiger partial charge in [-0.1, -0.05) is 48.5 Å². The Morgan fingerprint density at radius 2 is 1.67 bits per heavy atom. The molecule has 5 rings (SSSR count). The summed E-state index contributed by atoms with van der Waals surface area (Å²) in [6.07, 6.45) is 0.